The van der Waals surface area contributed by atoms with Crippen LogP contribution in [0.4, 0.5) is 0 Å². The quantitative estimate of drug-likeness (QED) is 0.554. The molecule has 3 rings (SSSR count). The highest BCUT2D eigenvalue weighted by molar-refractivity contribution is 5.93. The molecule has 2 aromatic carbocycles. The number of hydrogen-bond donors (Lipinski definition) is 2. The number of nitrogens with zero attached hydrogens (tertiary/aromatic N) is 1. The van der Waals surface area contributed by atoms with Gasteiger partial charge < -0.3 is 20.7 Å². The van der Waals surface area contributed by atoms with Gasteiger partial charge in [0.25, 0.3) is 0 Å². The predicted octanol–water partition coefficient (Wildman–Crippen LogP) is 2.53. The summed E-state index contributed by atoms with van der Waals surface area (Å²) >= 11 is 0. The lowest BCUT2D eigenvalue weighted by molar-refractivity contribution is -0.141. The maximum atomic E-state index is 13.0. The van der Waals surface area contributed by atoms with Crippen LogP contribution in [0.25, 0.3) is 0 Å². The van der Waals surface area contributed by atoms with Crippen molar-refractivity contribution in [3.63, 3.8) is 0 Å². The minimum Gasteiger partial charge on any atom is -0.468 e. The van der Waals surface area contributed by atoms with Crippen molar-refractivity contribution in [1.82, 2.24) is 10.2 Å². The van der Waals surface area contributed by atoms with Crippen molar-refractivity contribution in [1.29, 1.82) is 0 Å². The van der Waals surface area contributed by atoms with Gasteiger partial charge in [-0.15, -0.1) is 0 Å². The molecule has 7 heteroatoms. The normalized spacial score (nSPS) is 21.4. The molecule has 2 amide bonds. The van der Waals surface area contributed by atoms with Crippen molar-refractivity contribution < 1.29 is 19.1 Å². The smallest absolute Gasteiger partial charge is 0.325 e. The van der Waals surface area contributed by atoms with Crippen molar-refractivity contribution in [3.8, 4) is 0 Å². The molecule has 0 saturated carbocycles. The number of amides is 2. The van der Waals surface area contributed by atoms with Crippen LogP contribution in [0, 0.1) is 11.8 Å². The molecule has 1 aliphatic rings. The summed E-state index contributed by atoms with van der Waals surface area (Å²) in [7, 11) is 1.31. The fourth-order valence-electron chi connectivity index (χ4n) is 4.77. The van der Waals surface area contributed by atoms with E-state index in [1.165, 1.54) is 7.11 Å². The zero-order valence-electron chi connectivity index (χ0n) is 20.3. The first-order chi connectivity index (χ1) is 16.2. The Labute approximate surface area is 201 Å². The van der Waals surface area contributed by atoms with E-state index in [1.54, 1.807) is 6.07 Å². The maximum Gasteiger partial charge on any atom is 0.325 e. The number of nitrogens with two attached hydrogens (primary N) is 1. The fraction of sp³-hybridized carbons (Fsp3) is 0.444. The number of methoxy groups -OCH3 is 1. The number of rotatable bonds is 9. The topological polar surface area (TPSA) is 102 Å². The molecule has 1 fully saturated rings. The van der Waals surface area contributed by atoms with Crippen LogP contribution in [0.1, 0.15) is 41.8 Å². The molecule has 2 aromatic rings. The van der Waals surface area contributed by atoms with Crippen LogP contribution >= 0.6 is 0 Å². The number of piperidine rings is 1. The summed E-state index contributed by atoms with van der Waals surface area (Å²) in [6.45, 7) is 6.57. The van der Waals surface area contributed by atoms with Crippen molar-refractivity contribution in [2.75, 3.05) is 33.3 Å². The Balaban J connectivity index is 1.71. The van der Waals surface area contributed by atoms with Gasteiger partial charge in [0.05, 0.1) is 13.0 Å². The van der Waals surface area contributed by atoms with E-state index in [0.717, 1.165) is 30.6 Å². The van der Waals surface area contributed by atoms with Crippen LogP contribution in [0.2, 0.25) is 0 Å². The number of esters is 1. The van der Waals surface area contributed by atoms with Gasteiger partial charge in [-0.3, -0.25) is 14.4 Å². The molecule has 0 radical (unpaired) electrons. The van der Waals surface area contributed by atoms with Crippen LogP contribution < -0.4 is 11.1 Å². The molecule has 0 aliphatic carbocycles. The average molecular weight is 466 g/mol. The molecule has 1 saturated heterocycles. The zero-order chi connectivity index (χ0) is 24.7. The van der Waals surface area contributed by atoms with Crippen LogP contribution in [-0.2, 0) is 26.2 Å². The SMILES string of the molecule is COC(=O)CNC(=O)[C@@H](Cc1ccccc1)CN1CC[C@@](C)(c2cccc(C(N)=O)c2)[C@@H](C)C1. The van der Waals surface area contributed by atoms with Crippen molar-refractivity contribution in [2.24, 2.45) is 17.6 Å². The summed E-state index contributed by atoms with van der Waals surface area (Å²) in [5.41, 5.74) is 8.13. The first-order valence-corrected chi connectivity index (χ1v) is 11.7. The second kappa shape index (κ2) is 11.3. The lowest BCUT2D eigenvalue weighted by atomic mass is 9.67. The molecule has 1 aliphatic heterocycles. The standard InChI is InChI=1S/C27H35N3O4/c1-19-17-30(13-12-27(19,2)23-11-7-10-21(15-23)25(28)32)18-22(14-20-8-5-4-6-9-20)26(33)29-16-24(31)34-3/h4-11,15,19,22H,12-14,16-18H2,1-3H3,(H2,28,32)(H,29,33)/t19-,22-,27+/m0/s1. The zero-order valence-corrected chi connectivity index (χ0v) is 20.3. The summed E-state index contributed by atoms with van der Waals surface area (Å²) < 4.78 is 4.66. The number of ether oxygens (including phenoxy) is 1. The molecule has 7 nitrogen and oxygen atoms in total. The molecular formula is C27H35N3O4. The third-order valence-corrected chi connectivity index (χ3v) is 7.18. The third kappa shape index (κ3) is 6.23. The van der Waals surface area contributed by atoms with Crippen molar-refractivity contribution >= 4 is 17.8 Å². The number of nitrogens with one attached hydrogen (secondary N) is 1. The number of carbonyl (C=O) groups excluding carboxylic acids is 3. The number of hydrogen-bond acceptors (Lipinski definition) is 5. The number of likely N-dealkylation sites (tertiary alicyclic amines) is 1. The van der Waals surface area contributed by atoms with E-state index in [9.17, 15) is 14.4 Å². The first-order valence-electron chi connectivity index (χ1n) is 11.7. The minimum atomic E-state index is -0.465. The van der Waals surface area contributed by atoms with E-state index in [1.807, 2.05) is 42.5 Å². The van der Waals surface area contributed by atoms with E-state index in [-0.39, 0.29) is 23.8 Å². The van der Waals surface area contributed by atoms with Crippen LogP contribution in [0.5, 0.6) is 0 Å². The molecule has 3 N–H and O–H groups in total. The molecule has 182 valence electrons. The minimum absolute atomic E-state index is 0.0932. The molecular weight excluding hydrogens is 430 g/mol. The lowest BCUT2D eigenvalue weighted by Crippen LogP contribution is -2.50. The number of primary amides is 1. The van der Waals surface area contributed by atoms with Gasteiger partial charge in [-0.2, -0.15) is 0 Å². The van der Waals surface area contributed by atoms with Crippen molar-refractivity contribution in [3.05, 3.63) is 71.3 Å². The molecule has 0 aromatic heterocycles. The first kappa shape index (κ1) is 25.4. The van der Waals surface area contributed by atoms with Gasteiger partial charge in [-0.1, -0.05) is 56.3 Å². The maximum absolute atomic E-state index is 13.0. The van der Waals surface area contributed by atoms with E-state index in [2.05, 4.69) is 34.9 Å². The Hall–Kier alpha value is -3.19. The largest absolute Gasteiger partial charge is 0.468 e. The Kier molecular flexibility index (Phi) is 8.45. The average Bonchev–Trinajstić information content (AvgIpc) is 2.84. The summed E-state index contributed by atoms with van der Waals surface area (Å²) in [6.07, 6.45) is 1.49. The Bertz CT molecular complexity index is 1010. The summed E-state index contributed by atoms with van der Waals surface area (Å²) in [4.78, 5) is 38.5. The highest BCUT2D eigenvalue weighted by Gasteiger charge is 2.39. The lowest BCUT2D eigenvalue weighted by Gasteiger charge is -2.46. The molecule has 1 heterocycles. The van der Waals surface area contributed by atoms with Gasteiger partial charge in [-0.25, -0.2) is 0 Å². The van der Waals surface area contributed by atoms with Gasteiger partial charge in [0, 0.05) is 18.7 Å². The van der Waals surface area contributed by atoms with E-state index in [0.29, 0.717) is 24.4 Å². The van der Waals surface area contributed by atoms with Gasteiger partial charge in [0.1, 0.15) is 6.54 Å². The predicted molar refractivity (Wildman–Crippen MR) is 131 cm³/mol. The number of carbonyl (C=O) groups is 3. The Morgan fingerprint density at radius 1 is 1.18 bits per heavy atom. The molecule has 34 heavy (non-hydrogen) atoms. The van der Waals surface area contributed by atoms with Crippen molar-refractivity contribution in [2.45, 2.75) is 32.1 Å². The van der Waals surface area contributed by atoms with E-state index < -0.39 is 11.9 Å². The number of benzene rings is 2. The van der Waals surface area contributed by atoms with Gasteiger partial charge in [0.2, 0.25) is 11.8 Å². The highest BCUT2D eigenvalue weighted by Crippen LogP contribution is 2.39. The summed E-state index contributed by atoms with van der Waals surface area (Å²) in [5, 5.41) is 2.73. The Morgan fingerprint density at radius 2 is 1.91 bits per heavy atom. The molecule has 3 atom stereocenters. The van der Waals surface area contributed by atoms with Crippen LogP contribution in [-0.4, -0.2) is 56.0 Å². The summed E-state index contributed by atoms with van der Waals surface area (Å²) in [5.74, 6) is -1.02. The van der Waals surface area contributed by atoms with Gasteiger partial charge >= 0.3 is 5.97 Å². The molecule has 0 spiro atoms. The fourth-order valence-corrected chi connectivity index (χ4v) is 4.77. The summed E-state index contributed by atoms with van der Waals surface area (Å²) in [6, 6.07) is 17.5. The Morgan fingerprint density at radius 3 is 2.56 bits per heavy atom. The monoisotopic (exact) mass is 465 g/mol. The highest BCUT2D eigenvalue weighted by atomic mass is 16.5. The third-order valence-electron chi connectivity index (χ3n) is 7.18. The van der Waals surface area contributed by atoms with Gasteiger partial charge in [0.15, 0.2) is 0 Å². The molecule has 0 unspecified atom stereocenters. The van der Waals surface area contributed by atoms with Crippen LogP contribution in [0.3, 0.4) is 0 Å². The van der Waals surface area contributed by atoms with Crippen LogP contribution in [0.15, 0.2) is 54.6 Å². The second-order valence-electron chi connectivity index (χ2n) is 9.45. The van der Waals surface area contributed by atoms with E-state index >= 15 is 0 Å². The van der Waals surface area contributed by atoms with Gasteiger partial charge in [-0.05, 0) is 54.0 Å². The molecule has 0 bridgehead atoms. The second-order valence-corrected chi connectivity index (χ2v) is 9.45. The van der Waals surface area contributed by atoms with E-state index in [4.69, 9.17) is 5.73 Å².